The van der Waals surface area contributed by atoms with Crippen molar-refractivity contribution in [1.29, 1.82) is 0 Å². The first-order valence-corrected chi connectivity index (χ1v) is 7.25. The Kier molecular flexibility index (Phi) is 4.50. The number of nitrogens with zero attached hydrogens (tertiary/aromatic N) is 4. The highest BCUT2D eigenvalue weighted by atomic mass is 35.5. The second kappa shape index (κ2) is 5.97. The van der Waals surface area contributed by atoms with Gasteiger partial charge in [0.05, 0.1) is 33.8 Å². The lowest BCUT2D eigenvalue weighted by Gasteiger charge is -2.17. The molecule has 0 amide bonds. The van der Waals surface area contributed by atoms with E-state index in [0.717, 1.165) is 35.1 Å². The van der Waals surface area contributed by atoms with E-state index in [4.69, 9.17) is 11.6 Å². The van der Waals surface area contributed by atoms with Crippen LogP contribution in [0.5, 0.6) is 0 Å². The second-order valence-electron chi connectivity index (χ2n) is 5.04. The summed E-state index contributed by atoms with van der Waals surface area (Å²) >= 11 is 6.35. The van der Waals surface area contributed by atoms with E-state index in [1.54, 1.807) is 0 Å². The minimum Gasteiger partial charge on any atom is -0.311 e. The molecule has 5 nitrogen and oxygen atoms in total. The molecule has 2 rings (SSSR count). The molecule has 110 valence electrons. The van der Waals surface area contributed by atoms with Gasteiger partial charge >= 0.3 is 0 Å². The van der Waals surface area contributed by atoms with E-state index in [9.17, 15) is 0 Å². The van der Waals surface area contributed by atoms with E-state index in [-0.39, 0.29) is 6.04 Å². The molecule has 1 unspecified atom stereocenters. The quantitative estimate of drug-likeness (QED) is 0.921. The van der Waals surface area contributed by atoms with Crippen molar-refractivity contribution in [2.24, 2.45) is 7.05 Å². The van der Waals surface area contributed by atoms with Gasteiger partial charge in [-0.05, 0) is 33.9 Å². The molecule has 0 saturated heterocycles. The van der Waals surface area contributed by atoms with E-state index < -0.39 is 0 Å². The average molecular weight is 296 g/mol. The number of halogens is 1. The smallest absolute Gasteiger partial charge is 0.0847 e. The predicted molar refractivity (Wildman–Crippen MR) is 81.1 cm³/mol. The number of likely N-dealkylation sites (N-methyl/N-ethyl adjacent to an activating group) is 1. The summed E-state index contributed by atoms with van der Waals surface area (Å²) in [6.07, 6.45) is 0.789. The van der Waals surface area contributed by atoms with Gasteiger partial charge in [-0.2, -0.15) is 10.2 Å². The van der Waals surface area contributed by atoms with Crippen LogP contribution in [-0.2, 0) is 20.0 Å². The topological polar surface area (TPSA) is 47.7 Å². The fourth-order valence-electron chi connectivity index (χ4n) is 2.55. The maximum atomic E-state index is 6.35. The van der Waals surface area contributed by atoms with Crippen LogP contribution in [0.4, 0.5) is 0 Å². The number of hydrogen-bond donors (Lipinski definition) is 1. The second-order valence-corrected chi connectivity index (χ2v) is 5.42. The fraction of sp³-hybridized carbons (Fsp3) is 0.571. The number of nitrogens with one attached hydrogen (secondary N) is 1. The van der Waals surface area contributed by atoms with Gasteiger partial charge < -0.3 is 5.32 Å². The zero-order chi connectivity index (χ0) is 14.9. The SMILES string of the molecule is CCn1nc(C)cc1C(Cc1c(Cl)c(C)nn1C)NC. The summed E-state index contributed by atoms with van der Waals surface area (Å²) < 4.78 is 3.90. The lowest BCUT2D eigenvalue weighted by atomic mass is 10.1. The van der Waals surface area contributed by atoms with Gasteiger partial charge in [0.1, 0.15) is 0 Å². The van der Waals surface area contributed by atoms with E-state index in [1.165, 1.54) is 5.69 Å². The summed E-state index contributed by atoms with van der Waals surface area (Å²) in [7, 11) is 3.90. The molecule has 0 aliphatic carbocycles. The van der Waals surface area contributed by atoms with E-state index in [0.29, 0.717) is 0 Å². The molecule has 0 saturated carbocycles. The Bertz CT molecular complexity index is 599. The Labute approximate surface area is 124 Å². The molecule has 2 aromatic heterocycles. The van der Waals surface area contributed by atoms with Crippen LogP contribution in [0, 0.1) is 13.8 Å². The average Bonchev–Trinajstić information content (AvgIpc) is 2.89. The van der Waals surface area contributed by atoms with E-state index >= 15 is 0 Å². The summed E-state index contributed by atoms with van der Waals surface area (Å²) in [5.74, 6) is 0. The number of aryl methyl sites for hydroxylation is 4. The van der Waals surface area contributed by atoms with Crippen molar-refractivity contribution in [3.05, 3.63) is 33.9 Å². The molecule has 2 aromatic rings. The highest BCUT2D eigenvalue weighted by molar-refractivity contribution is 6.31. The molecule has 0 radical (unpaired) electrons. The molecular weight excluding hydrogens is 274 g/mol. The Morgan fingerprint density at radius 2 is 2.05 bits per heavy atom. The molecule has 0 bridgehead atoms. The van der Waals surface area contributed by atoms with Crippen LogP contribution in [0.3, 0.4) is 0 Å². The largest absolute Gasteiger partial charge is 0.311 e. The minimum absolute atomic E-state index is 0.170. The molecule has 0 aliphatic heterocycles. The maximum absolute atomic E-state index is 6.35. The normalized spacial score (nSPS) is 12.9. The molecule has 1 atom stereocenters. The van der Waals surface area contributed by atoms with Crippen LogP contribution in [0.1, 0.15) is 35.7 Å². The fourth-order valence-corrected chi connectivity index (χ4v) is 2.79. The summed E-state index contributed by atoms with van der Waals surface area (Å²) in [4.78, 5) is 0. The summed E-state index contributed by atoms with van der Waals surface area (Å²) in [6.45, 7) is 6.91. The molecule has 2 heterocycles. The van der Waals surface area contributed by atoms with Crippen molar-refractivity contribution in [3.8, 4) is 0 Å². The first kappa shape index (κ1) is 15.1. The standard InChI is InChI=1S/C14H22ClN5/c1-6-20-12(7-9(2)17-20)11(16-4)8-13-14(15)10(3)18-19(13)5/h7,11,16H,6,8H2,1-5H3. The number of hydrogen-bond acceptors (Lipinski definition) is 3. The van der Waals surface area contributed by atoms with Crippen LogP contribution in [-0.4, -0.2) is 26.6 Å². The van der Waals surface area contributed by atoms with Gasteiger partial charge in [0.2, 0.25) is 0 Å². The Balaban J connectivity index is 2.33. The molecule has 0 spiro atoms. The lowest BCUT2D eigenvalue weighted by Crippen LogP contribution is -2.23. The summed E-state index contributed by atoms with van der Waals surface area (Å²) in [5.41, 5.74) is 4.14. The van der Waals surface area contributed by atoms with Gasteiger partial charge in [0.15, 0.2) is 0 Å². The Morgan fingerprint density at radius 1 is 1.35 bits per heavy atom. The van der Waals surface area contributed by atoms with E-state index in [1.807, 2.05) is 37.3 Å². The van der Waals surface area contributed by atoms with Crippen molar-refractivity contribution in [2.45, 2.75) is 39.8 Å². The van der Waals surface area contributed by atoms with Crippen molar-refractivity contribution in [1.82, 2.24) is 24.9 Å². The monoisotopic (exact) mass is 295 g/mol. The van der Waals surface area contributed by atoms with Gasteiger partial charge in [-0.3, -0.25) is 9.36 Å². The van der Waals surface area contributed by atoms with Crippen LogP contribution in [0.15, 0.2) is 6.07 Å². The Hall–Kier alpha value is -1.33. The number of aromatic nitrogens is 4. The predicted octanol–water partition coefficient (Wildman–Crippen LogP) is 2.41. The molecule has 6 heteroatoms. The van der Waals surface area contributed by atoms with Crippen molar-refractivity contribution < 1.29 is 0 Å². The third-order valence-electron chi connectivity index (χ3n) is 3.60. The molecule has 0 aliphatic rings. The van der Waals surface area contributed by atoms with Crippen LogP contribution in [0.25, 0.3) is 0 Å². The third-order valence-corrected chi connectivity index (χ3v) is 4.09. The van der Waals surface area contributed by atoms with Crippen molar-refractivity contribution >= 4 is 11.6 Å². The number of rotatable bonds is 5. The van der Waals surface area contributed by atoms with Crippen molar-refractivity contribution in [2.75, 3.05) is 7.05 Å². The zero-order valence-corrected chi connectivity index (χ0v) is 13.5. The summed E-state index contributed by atoms with van der Waals surface area (Å²) in [6, 6.07) is 2.30. The van der Waals surface area contributed by atoms with Gasteiger partial charge in [-0.1, -0.05) is 11.6 Å². The van der Waals surface area contributed by atoms with Crippen molar-refractivity contribution in [3.63, 3.8) is 0 Å². The third kappa shape index (κ3) is 2.74. The molecular formula is C14H22ClN5. The molecule has 0 aromatic carbocycles. The molecule has 1 N–H and O–H groups in total. The molecule has 20 heavy (non-hydrogen) atoms. The van der Waals surface area contributed by atoms with E-state index in [2.05, 4.69) is 28.5 Å². The minimum atomic E-state index is 0.170. The van der Waals surface area contributed by atoms with Gasteiger partial charge in [-0.25, -0.2) is 0 Å². The van der Waals surface area contributed by atoms with Crippen LogP contribution < -0.4 is 5.32 Å². The highest BCUT2D eigenvalue weighted by Gasteiger charge is 2.20. The lowest BCUT2D eigenvalue weighted by molar-refractivity contribution is 0.500. The van der Waals surface area contributed by atoms with Crippen LogP contribution in [0.2, 0.25) is 5.02 Å². The maximum Gasteiger partial charge on any atom is 0.0847 e. The Morgan fingerprint density at radius 3 is 2.55 bits per heavy atom. The first-order valence-electron chi connectivity index (χ1n) is 6.87. The summed E-state index contributed by atoms with van der Waals surface area (Å²) in [5, 5.41) is 13.0. The first-order chi connectivity index (χ1) is 9.47. The van der Waals surface area contributed by atoms with Gasteiger partial charge in [0, 0.05) is 20.0 Å². The molecule has 0 fully saturated rings. The van der Waals surface area contributed by atoms with Crippen LogP contribution >= 0.6 is 11.6 Å². The highest BCUT2D eigenvalue weighted by Crippen LogP contribution is 2.25. The van der Waals surface area contributed by atoms with Gasteiger partial charge in [-0.15, -0.1) is 0 Å². The van der Waals surface area contributed by atoms with Gasteiger partial charge in [0.25, 0.3) is 0 Å². The zero-order valence-electron chi connectivity index (χ0n) is 12.7.